The lowest BCUT2D eigenvalue weighted by Gasteiger charge is -2.07. The fourth-order valence-corrected chi connectivity index (χ4v) is 1.81. The highest BCUT2D eigenvalue weighted by Gasteiger charge is 2.05. The lowest BCUT2D eigenvalue weighted by atomic mass is 10.1. The second-order valence-electron chi connectivity index (χ2n) is 4.21. The maximum atomic E-state index is 5.42. The highest BCUT2D eigenvalue weighted by atomic mass is 15.0. The zero-order valence-corrected chi connectivity index (χ0v) is 10.8. The van der Waals surface area contributed by atoms with Crippen LogP contribution in [0.3, 0.4) is 0 Å². The Bertz CT molecular complexity index is 600. The highest BCUT2D eigenvalue weighted by Crippen LogP contribution is 2.12. The fraction of sp³-hybridized carbons (Fsp3) is 0.267. The van der Waals surface area contributed by atoms with Gasteiger partial charge >= 0.3 is 0 Å². The molecule has 0 bridgehead atoms. The number of benzene rings is 1. The van der Waals surface area contributed by atoms with Gasteiger partial charge in [0.05, 0.1) is 18.6 Å². The number of rotatable bonds is 2. The molecule has 0 saturated heterocycles. The molecule has 0 aliphatic rings. The predicted molar refractivity (Wildman–Crippen MR) is 73.2 cm³/mol. The maximum Gasteiger partial charge on any atom is 0.0954 e. The van der Waals surface area contributed by atoms with Crippen molar-refractivity contribution in [2.75, 3.05) is 6.54 Å². The molecule has 2 aromatic rings. The van der Waals surface area contributed by atoms with Gasteiger partial charge in [-0.05, 0) is 25.5 Å². The zero-order valence-electron chi connectivity index (χ0n) is 10.8. The first-order valence-electron chi connectivity index (χ1n) is 5.97. The van der Waals surface area contributed by atoms with Crippen molar-refractivity contribution in [2.45, 2.75) is 20.4 Å². The summed E-state index contributed by atoms with van der Waals surface area (Å²) in [6.45, 7) is 5.28. The maximum absolute atomic E-state index is 5.42. The Morgan fingerprint density at radius 3 is 2.72 bits per heavy atom. The van der Waals surface area contributed by atoms with Gasteiger partial charge in [0.2, 0.25) is 0 Å². The van der Waals surface area contributed by atoms with E-state index in [9.17, 15) is 0 Å². The van der Waals surface area contributed by atoms with Gasteiger partial charge in [-0.2, -0.15) is 0 Å². The normalized spacial score (nSPS) is 9.94. The topological polar surface area (TPSA) is 43.8 Å². The molecule has 1 aromatic heterocycles. The minimum atomic E-state index is 0.386. The van der Waals surface area contributed by atoms with Gasteiger partial charge in [0.25, 0.3) is 0 Å². The third-order valence-electron chi connectivity index (χ3n) is 3.03. The summed E-state index contributed by atoms with van der Waals surface area (Å²) in [5.41, 5.74) is 9.91. The van der Waals surface area contributed by atoms with Crippen LogP contribution in [0.1, 0.15) is 22.5 Å². The van der Waals surface area contributed by atoms with Crippen LogP contribution in [0, 0.1) is 25.7 Å². The molecule has 0 atom stereocenters. The molecule has 0 spiro atoms. The first kappa shape index (κ1) is 12.4. The highest BCUT2D eigenvalue weighted by molar-refractivity contribution is 5.41. The molecule has 0 aliphatic carbocycles. The third-order valence-corrected chi connectivity index (χ3v) is 3.03. The van der Waals surface area contributed by atoms with E-state index in [1.54, 1.807) is 0 Å². The van der Waals surface area contributed by atoms with Crippen LogP contribution >= 0.6 is 0 Å². The summed E-state index contributed by atoms with van der Waals surface area (Å²) >= 11 is 0. The smallest absolute Gasteiger partial charge is 0.0954 e. The van der Waals surface area contributed by atoms with Gasteiger partial charge in [-0.1, -0.05) is 30.0 Å². The number of imidazole rings is 1. The van der Waals surface area contributed by atoms with Crippen molar-refractivity contribution in [3.05, 3.63) is 53.1 Å². The van der Waals surface area contributed by atoms with Crippen LogP contribution in [0.15, 0.2) is 30.6 Å². The number of hydrogen-bond donors (Lipinski definition) is 1. The first-order valence-corrected chi connectivity index (χ1v) is 5.97. The van der Waals surface area contributed by atoms with Gasteiger partial charge in [0.15, 0.2) is 0 Å². The first-order chi connectivity index (χ1) is 8.72. The molecule has 0 fully saturated rings. The van der Waals surface area contributed by atoms with Crippen LogP contribution in [0.2, 0.25) is 0 Å². The van der Waals surface area contributed by atoms with Gasteiger partial charge < -0.3 is 10.3 Å². The van der Waals surface area contributed by atoms with Crippen molar-refractivity contribution in [3.63, 3.8) is 0 Å². The van der Waals surface area contributed by atoms with E-state index in [-0.39, 0.29) is 0 Å². The second-order valence-corrected chi connectivity index (χ2v) is 4.21. The van der Waals surface area contributed by atoms with E-state index in [1.807, 2.05) is 31.5 Å². The van der Waals surface area contributed by atoms with Crippen molar-refractivity contribution in [2.24, 2.45) is 5.73 Å². The quantitative estimate of drug-likeness (QED) is 0.813. The van der Waals surface area contributed by atoms with Crippen molar-refractivity contribution in [3.8, 4) is 11.8 Å². The van der Waals surface area contributed by atoms with E-state index in [0.717, 1.165) is 17.8 Å². The van der Waals surface area contributed by atoms with Crippen LogP contribution in [-0.2, 0) is 6.54 Å². The molecular formula is C15H17N3. The summed E-state index contributed by atoms with van der Waals surface area (Å²) in [5, 5.41) is 0. The Balaban J connectivity index is 2.32. The molecular weight excluding hydrogens is 222 g/mol. The van der Waals surface area contributed by atoms with Crippen LogP contribution < -0.4 is 5.73 Å². The van der Waals surface area contributed by atoms with E-state index in [4.69, 9.17) is 5.73 Å². The van der Waals surface area contributed by atoms with E-state index in [2.05, 4.69) is 34.4 Å². The van der Waals surface area contributed by atoms with Crippen molar-refractivity contribution >= 4 is 0 Å². The predicted octanol–water partition coefficient (Wildman–Crippen LogP) is 1.86. The van der Waals surface area contributed by atoms with Crippen LogP contribution in [0.5, 0.6) is 0 Å². The van der Waals surface area contributed by atoms with Gasteiger partial charge in [-0.15, -0.1) is 0 Å². The van der Waals surface area contributed by atoms with Gasteiger partial charge in [-0.3, -0.25) is 0 Å². The molecule has 1 heterocycles. The summed E-state index contributed by atoms with van der Waals surface area (Å²) in [5.74, 6) is 6.01. The molecule has 1 aromatic carbocycles. The van der Waals surface area contributed by atoms with E-state index in [1.165, 1.54) is 11.3 Å². The molecule has 2 rings (SSSR count). The monoisotopic (exact) mass is 239 g/mol. The van der Waals surface area contributed by atoms with E-state index < -0.39 is 0 Å². The van der Waals surface area contributed by atoms with E-state index >= 15 is 0 Å². The Morgan fingerprint density at radius 2 is 2.06 bits per heavy atom. The summed E-state index contributed by atoms with van der Waals surface area (Å²) in [6, 6.07) is 8.14. The zero-order chi connectivity index (χ0) is 13.0. The van der Waals surface area contributed by atoms with Gasteiger partial charge in [0, 0.05) is 17.8 Å². The summed E-state index contributed by atoms with van der Waals surface area (Å²) in [4.78, 5) is 4.31. The molecule has 0 radical (unpaired) electrons. The van der Waals surface area contributed by atoms with Crippen molar-refractivity contribution in [1.82, 2.24) is 9.55 Å². The largest absolute Gasteiger partial charge is 0.330 e. The van der Waals surface area contributed by atoms with Crippen molar-refractivity contribution in [1.29, 1.82) is 0 Å². The average Bonchev–Trinajstić information content (AvgIpc) is 2.70. The molecule has 18 heavy (non-hydrogen) atoms. The van der Waals surface area contributed by atoms with Crippen molar-refractivity contribution < 1.29 is 0 Å². The standard InChI is InChI=1S/C15H17N3/c1-12-13(2)18(11-17-12)10-15-7-4-3-6-14(15)8-5-9-16/h3-4,6-7,11H,9-10,16H2,1-2H3. The van der Waals surface area contributed by atoms with Gasteiger partial charge in [-0.25, -0.2) is 4.98 Å². The van der Waals surface area contributed by atoms with E-state index in [0.29, 0.717) is 6.54 Å². The Labute approximate surface area is 108 Å². The second kappa shape index (κ2) is 5.52. The molecule has 3 heteroatoms. The summed E-state index contributed by atoms with van der Waals surface area (Å²) < 4.78 is 2.14. The molecule has 0 saturated carbocycles. The third kappa shape index (κ3) is 2.61. The number of nitrogens with zero attached hydrogens (tertiary/aromatic N) is 2. The average molecular weight is 239 g/mol. The molecule has 3 nitrogen and oxygen atoms in total. The minimum absolute atomic E-state index is 0.386. The van der Waals surface area contributed by atoms with Crippen LogP contribution in [-0.4, -0.2) is 16.1 Å². The van der Waals surface area contributed by atoms with Gasteiger partial charge in [0.1, 0.15) is 0 Å². The molecule has 0 amide bonds. The SMILES string of the molecule is Cc1ncn(Cc2ccccc2C#CCN)c1C. The summed E-state index contributed by atoms with van der Waals surface area (Å²) in [6.07, 6.45) is 1.87. The number of aromatic nitrogens is 2. The molecule has 0 unspecified atom stereocenters. The minimum Gasteiger partial charge on any atom is -0.330 e. The summed E-state index contributed by atoms with van der Waals surface area (Å²) in [7, 11) is 0. The number of aryl methyl sites for hydroxylation is 1. The molecule has 92 valence electrons. The molecule has 2 N–H and O–H groups in total. The Hall–Kier alpha value is -2.05. The van der Waals surface area contributed by atoms with Crippen LogP contribution in [0.25, 0.3) is 0 Å². The molecule has 0 aliphatic heterocycles. The Morgan fingerprint density at radius 1 is 1.28 bits per heavy atom. The fourth-order valence-electron chi connectivity index (χ4n) is 1.81. The lowest BCUT2D eigenvalue weighted by molar-refractivity contribution is 0.767. The lowest BCUT2D eigenvalue weighted by Crippen LogP contribution is -2.03. The number of hydrogen-bond acceptors (Lipinski definition) is 2. The number of nitrogens with two attached hydrogens (primary N) is 1. The Kier molecular flexibility index (Phi) is 3.81. The van der Waals surface area contributed by atoms with Crippen LogP contribution in [0.4, 0.5) is 0 Å².